The summed E-state index contributed by atoms with van der Waals surface area (Å²) >= 11 is -4.01. The highest BCUT2D eigenvalue weighted by Gasteiger charge is 2.28. The molecule has 0 aromatic heterocycles. The van der Waals surface area contributed by atoms with E-state index in [0.29, 0.717) is 4.48 Å². The molecule has 0 saturated heterocycles. The molecule has 8 heteroatoms. The smallest absolute Gasteiger partial charge is 0.282 e. The van der Waals surface area contributed by atoms with Crippen molar-refractivity contribution in [3.63, 3.8) is 0 Å². The molecule has 0 amide bonds. The van der Waals surface area contributed by atoms with Gasteiger partial charge in [-0.3, -0.25) is 4.48 Å². The zero-order chi connectivity index (χ0) is 20.7. The molecule has 3 rings (SSSR count). The number of rotatable bonds is 4. The lowest BCUT2D eigenvalue weighted by Crippen LogP contribution is -4.05. The van der Waals surface area contributed by atoms with Gasteiger partial charge in [0.15, 0.2) is 0 Å². The van der Waals surface area contributed by atoms with Crippen molar-refractivity contribution in [1.82, 2.24) is 4.48 Å². The molecule has 0 heterocycles. The predicted molar refractivity (Wildman–Crippen MR) is 104 cm³/mol. The Hall–Kier alpha value is -2.37. The number of nitrogens with two attached hydrogens (primary N) is 3. The highest BCUT2D eigenvalue weighted by molar-refractivity contribution is 5.62. The van der Waals surface area contributed by atoms with Crippen LogP contribution >= 0.6 is 0 Å². The van der Waals surface area contributed by atoms with Gasteiger partial charge in [0.25, 0.3) is 21.1 Å². The van der Waals surface area contributed by atoms with E-state index in [1.165, 1.54) is 5.56 Å². The van der Waals surface area contributed by atoms with Crippen molar-refractivity contribution in [3.05, 3.63) is 78.4 Å². The highest BCUT2D eigenvalue weighted by Crippen LogP contribution is 2.35. The molecule has 0 bridgehead atoms. The molecule has 6 N–H and O–H groups in total. The van der Waals surface area contributed by atoms with Gasteiger partial charge in [0.05, 0.1) is 7.05 Å². The first-order valence-electron chi connectivity index (χ1n) is 8.36. The number of benzene rings is 3. The van der Waals surface area contributed by atoms with Crippen molar-refractivity contribution in [1.29, 1.82) is 0 Å². The lowest BCUT2D eigenvalue weighted by molar-refractivity contribution is -1.73. The number of halogens is 1. The van der Waals surface area contributed by atoms with Crippen LogP contribution in [-0.4, -0.2) is 7.05 Å². The van der Waals surface area contributed by atoms with Crippen molar-refractivity contribution < 1.29 is 31.4 Å². The summed E-state index contributed by atoms with van der Waals surface area (Å²) in [6.07, 6.45) is 0. The topological polar surface area (TPSA) is 147 Å². The number of hydrogen-bond donors (Lipinski definition) is 3. The molecule has 0 unspecified atom stereocenters. The Labute approximate surface area is 173 Å². The Bertz CT molecular complexity index is 821. The van der Waals surface area contributed by atoms with E-state index in [2.05, 4.69) is 43.4 Å². The van der Waals surface area contributed by atoms with E-state index in [-0.39, 0.29) is 0 Å². The molecule has 0 spiro atoms. The van der Waals surface area contributed by atoms with E-state index in [9.17, 15) is 0 Å². The molecule has 0 aliphatic carbocycles. The van der Waals surface area contributed by atoms with E-state index in [1.54, 1.807) is 0 Å². The van der Waals surface area contributed by atoms with Crippen LogP contribution in [0.2, 0.25) is 0 Å². The van der Waals surface area contributed by atoms with Crippen LogP contribution in [0.25, 0.3) is 0 Å². The van der Waals surface area contributed by atoms with E-state index in [1.807, 2.05) is 36.4 Å². The average Bonchev–Trinajstić information content (AvgIpc) is 2.64. The van der Waals surface area contributed by atoms with Crippen LogP contribution < -0.4 is 53.1 Å². The van der Waals surface area contributed by atoms with E-state index >= 15 is 0 Å². The predicted octanol–water partition coefficient (Wildman–Crippen LogP) is -2.66. The Morgan fingerprint density at radius 1 is 0.643 bits per heavy atom. The third-order valence-corrected chi connectivity index (χ3v) is 4.40. The summed E-state index contributed by atoms with van der Waals surface area (Å²) in [5.74, 6) is 0. The lowest BCUT2D eigenvalue weighted by Gasteiger charge is -2.34. The number of nitrogens with zero attached hydrogens (tertiary/aromatic N) is 1. The zero-order valence-electron chi connectivity index (χ0n) is 15.4. The minimum atomic E-state index is -4.01. The standard InChI is InChI=1S/C20H23N4.IO3/c1-24(19-10-6-17(22)7-11-19,20-12-8-18(23)9-13-20)14-15-2-4-16(21)5-3-15;2-1(3)4/h2-13H,14,21-23H2,1H3;/q+1;-1. The molecule has 3 aromatic rings. The second kappa shape index (κ2) is 9.71. The Morgan fingerprint density at radius 2 is 0.929 bits per heavy atom. The monoisotopic (exact) mass is 494 g/mol. The van der Waals surface area contributed by atoms with Crippen LogP contribution in [0.3, 0.4) is 0 Å². The Balaban J connectivity index is 0.000000640. The summed E-state index contributed by atoms with van der Waals surface area (Å²) in [6, 6.07) is 24.0. The summed E-state index contributed by atoms with van der Waals surface area (Å²) in [7, 11) is 2.19. The summed E-state index contributed by atoms with van der Waals surface area (Å²) in [4.78, 5) is 0. The molecule has 0 aliphatic heterocycles. The van der Waals surface area contributed by atoms with Gasteiger partial charge in [-0.15, -0.1) is 0 Å². The van der Waals surface area contributed by atoms with Crippen LogP contribution in [0.1, 0.15) is 5.56 Å². The molecule has 0 saturated carbocycles. The minimum absolute atomic E-state index is 0.616. The van der Waals surface area contributed by atoms with Gasteiger partial charge in [-0.25, -0.2) is 0 Å². The fourth-order valence-corrected chi connectivity index (χ4v) is 2.93. The van der Waals surface area contributed by atoms with Gasteiger partial charge in [-0.05, 0) is 36.4 Å². The second-order valence-electron chi connectivity index (χ2n) is 6.46. The highest BCUT2D eigenvalue weighted by atomic mass is 127. The minimum Gasteiger partial charge on any atom is -0.427 e. The normalized spacial score (nSPS) is 11.0. The maximum Gasteiger partial charge on any atom is 0.282 e. The van der Waals surface area contributed by atoms with Crippen LogP contribution in [0.15, 0.2) is 72.8 Å². The van der Waals surface area contributed by atoms with Crippen molar-refractivity contribution in [2.24, 2.45) is 0 Å². The van der Waals surface area contributed by atoms with E-state index < -0.39 is 21.1 Å². The molecule has 28 heavy (non-hydrogen) atoms. The molecule has 3 aromatic carbocycles. The van der Waals surface area contributed by atoms with Gasteiger partial charge >= 0.3 is 0 Å². The summed E-state index contributed by atoms with van der Waals surface area (Å²) < 4.78 is 26.3. The van der Waals surface area contributed by atoms with Crippen LogP contribution in [0.5, 0.6) is 0 Å². The van der Waals surface area contributed by atoms with Crippen molar-refractivity contribution >= 4 is 28.4 Å². The summed E-state index contributed by atoms with van der Waals surface area (Å²) in [5, 5.41) is 0. The van der Waals surface area contributed by atoms with Crippen LogP contribution in [-0.2, 0) is 6.54 Å². The SMILES string of the molecule is C[N+](Cc1ccc(N)cc1)(c1ccc(N)cc1)c1ccc(N)cc1.[O-][I+2]([O-])[O-]. The first-order valence-corrected chi connectivity index (χ1v) is 11.0. The molecule has 0 radical (unpaired) electrons. The zero-order valence-corrected chi connectivity index (χ0v) is 17.6. The van der Waals surface area contributed by atoms with Gasteiger partial charge < -0.3 is 27.5 Å². The summed E-state index contributed by atoms with van der Waals surface area (Å²) in [6.45, 7) is 0.800. The Kier molecular flexibility index (Phi) is 7.61. The fourth-order valence-electron chi connectivity index (χ4n) is 2.93. The summed E-state index contributed by atoms with van der Waals surface area (Å²) in [5.41, 5.74) is 23.3. The lowest BCUT2D eigenvalue weighted by atomic mass is 10.1. The van der Waals surface area contributed by atoms with E-state index in [4.69, 9.17) is 27.5 Å². The van der Waals surface area contributed by atoms with Gasteiger partial charge in [-0.1, -0.05) is 12.1 Å². The maximum absolute atomic E-state index is 8.57. The average molecular weight is 494 g/mol. The fraction of sp³-hybridized carbons (Fsp3) is 0.100. The van der Waals surface area contributed by atoms with Crippen molar-refractivity contribution in [3.8, 4) is 0 Å². The third kappa shape index (κ3) is 6.08. The molecule has 0 aliphatic rings. The molecule has 7 nitrogen and oxygen atoms in total. The molecular weight excluding hydrogens is 471 g/mol. The van der Waals surface area contributed by atoms with Crippen molar-refractivity contribution in [2.45, 2.75) is 6.54 Å². The van der Waals surface area contributed by atoms with Gasteiger partial charge in [0.1, 0.15) is 17.9 Å². The molecule has 0 atom stereocenters. The third-order valence-electron chi connectivity index (χ3n) is 4.40. The van der Waals surface area contributed by atoms with Crippen LogP contribution in [0.4, 0.5) is 28.4 Å². The van der Waals surface area contributed by atoms with Gasteiger partial charge in [-0.2, -0.15) is 0 Å². The van der Waals surface area contributed by atoms with Gasteiger partial charge in [0, 0.05) is 46.9 Å². The van der Waals surface area contributed by atoms with Gasteiger partial charge in [0.2, 0.25) is 0 Å². The largest absolute Gasteiger partial charge is 0.427 e. The molecule has 0 fully saturated rings. The molecular formula is C20H23IN4O3. The first-order chi connectivity index (χ1) is 13.2. The molecule has 148 valence electrons. The first kappa shape index (κ1) is 21.9. The van der Waals surface area contributed by atoms with Crippen LogP contribution in [0, 0.1) is 0 Å². The second-order valence-corrected chi connectivity index (χ2v) is 7.54. The number of nitrogen functional groups attached to an aromatic ring is 3. The number of anilines is 3. The van der Waals surface area contributed by atoms with E-state index in [0.717, 1.165) is 35.0 Å². The quantitative estimate of drug-likeness (QED) is 0.205. The van der Waals surface area contributed by atoms with Crippen molar-refractivity contribution in [2.75, 3.05) is 24.2 Å². The number of quaternary nitrogens is 1. The Morgan fingerprint density at radius 3 is 1.25 bits per heavy atom. The number of hydrogen-bond acceptors (Lipinski definition) is 6. The maximum atomic E-state index is 8.57.